The number of H-pyrrole nitrogens is 1. The Morgan fingerprint density at radius 1 is 1.16 bits per heavy atom. The van der Waals surface area contributed by atoms with Gasteiger partial charge in [0.1, 0.15) is 6.10 Å². The lowest BCUT2D eigenvalue weighted by molar-refractivity contribution is 0.0205. The van der Waals surface area contributed by atoms with Crippen molar-refractivity contribution in [3.8, 4) is 0 Å². The molecule has 2 unspecified atom stereocenters. The highest BCUT2D eigenvalue weighted by molar-refractivity contribution is 5.78. The molecule has 2 heterocycles. The predicted molar refractivity (Wildman–Crippen MR) is 99.0 cm³/mol. The maximum atomic E-state index is 12.4. The van der Waals surface area contributed by atoms with Gasteiger partial charge in [-0.3, -0.25) is 9.78 Å². The van der Waals surface area contributed by atoms with Crippen LogP contribution in [0.4, 0.5) is 5.95 Å². The third kappa shape index (κ3) is 2.91. The fourth-order valence-corrected chi connectivity index (χ4v) is 3.40. The van der Waals surface area contributed by atoms with E-state index >= 15 is 0 Å². The van der Waals surface area contributed by atoms with Crippen LogP contribution >= 0.6 is 0 Å². The average Bonchev–Trinajstić information content (AvgIpc) is 2.63. The summed E-state index contributed by atoms with van der Waals surface area (Å²) in [5.74, 6) is 0.609. The largest absolute Gasteiger partial charge is 0.370 e. The molecule has 5 nitrogen and oxygen atoms in total. The van der Waals surface area contributed by atoms with Crippen LogP contribution in [0.15, 0.2) is 53.3 Å². The molecule has 1 aromatic heterocycles. The van der Waals surface area contributed by atoms with Gasteiger partial charge in [-0.2, -0.15) is 0 Å². The highest BCUT2D eigenvalue weighted by atomic mass is 16.5. The topological polar surface area (TPSA) is 58.2 Å². The maximum absolute atomic E-state index is 12.4. The van der Waals surface area contributed by atoms with E-state index < -0.39 is 0 Å². The summed E-state index contributed by atoms with van der Waals surface area (Å²) in [4.78, 5) is 22.2. The summed E-state index contributed by atoms with van der Waals surface area (Å²) in [5.41, 5.74) is 3.00. The van der Waals surface area contributed by atoms with Gasteiger partial charge in [0.15, 0.2) is 0 Å². The molecular weight excluding hydrogens is 314 g/mol. The minimum atomic E-state index is -0.105. The molecule has 128 valence electrons. The Morgan fingerprint density at radius 3 is 2.76 bits per heavy atom. The summed E-state index contributed by atoms with van der Waals surface area (Å²) >= 11 is 0. The van der Waals surface area contributed by atoms with E-state index in [1.807, 2.05) is 30.3 Å². The summed E-state index contributed by atoms with van der Waals surface area (Å²) < 4.78 is 6.07. The Labute approximate surface area is 146 Å². The van der Waals surface area contributed by atoms with Crippen LogP contribution in [0.3, 0.4) is 0 Å². The molecule has 2 aromatic carbocycles. The van der Waals surface area contributed by atoms with Gasteiger partial charge in [0.2, 0.25) is 5.95 Å². The number of fused-ring (bicyclic) bond motifs is 1. The molecule has 0 bridgehead atoms. The normalized spacial score (nSPS) is 20.8. The van der Waals surface area contributed by atoms with Crippen LogP contribution in [-0.4, -0.2) is 29.2 Å². The van der Waals surface area contributed by atoms with Crippen molar-refractivity contribution in [3.05, 3.63) is 70.0 Å². The number of ether oxygens (including phenoxy) is 1. The van der Waals surface area contributed by atoms with Gasteiger partial charge < -0.3 is 9.64 Å². The van der Waals surface area contributed by atoms with Gasteiger partial charge in [-0.15, -0.1) is 0 Å². The highest BCUT2D eigenvalue weighted by Gasteiger charge is 2.29. The second-order valence-corrected chi connectivity index (χ2v) is 6.59. The number of hydrogen-bond acceptors (Lipinski definition) is 4. The summed E-state index contributed by atoms with van der Waals surface area (Å²) in [6.07, 6.45) is -0.0332. The summed E-state index contributed by atoms with van der Waals surface area (Å²) in [6, 6.07) is 15.8. The number of rotatable bonds is 2. The molecule has 5 heteroatoms. The number of aromatic amines is 1. The van der Waals surface area contributed by atoms with E-state index in [0.717, 1.165) is 0 Å². The van der Waals surface area contributed by atoms with Crippen LogP contribution in [0.2, 0.25) is 0 Å². The molecule has 0 spiro atoms. The summed E-state index contributed by atoms with van der Waals surface area (Å²) in [6.45, 7) is 5.43. The van der Waals surface area contributed by atoms with Crippen molar-refractivity contribution < 1.29 is 4.74 Å². The van der Waals surface area contributed by atoms with Gasteiger partial charge in [-0.05, 0) is 37.1 Å². The number of nitrogens with one attached hydrogen (secondary N) is 1. The zero-order chi connectivity index (χ0) is 17.4. The minimum absolute atomic E-state index is 0.0332. The van der Waals surface area contributed by atoms with Gasteiger partial charge in [0, 0.05) is 0 Å². The number of para-hydroxylation sites is 1. The van der Waals surface area contributed by atoms with E-state index in [0.29, 0.717) is 30.0 Å². The minimum Gasteiger partial charge on any atom is -0.370 e. The number of hydrogen-bond donors (Lipinski definition) is 1. The van der Waals surface area contributed by atoms with Crippen molar-refractivity contribution in [2.45, 2.75) is 26.0 Å². The zero-order valence-corrected chi connectivity index (χ0v) is 14.4. The van der Waals surface area contributed by atoms with Crippen LogP contribution in [-0.2, 0) is 4.74 Å². The first kappa shape index (κ1) is 15.8. The lowest BCUT2D eigenvalue weighted by Crippen LogP contribution is -2.46. The Hall–Kier alpha value is -2.66. The first-order chi connectivity index (χ1) is 12.1. The molecule has 1 N–H and O–H groups in total. The van der Waals surface area contributed by atoms with Crippen LogP contribution in [0.1, 0.15) is 24.2 Å². The van der Waals surface area contributed by atoms with Gasteiger partial charge >= 0.3 is 0 Å². The van der Waals surface area contributed by atoms with Gasteiger partial charge in [-0.25, -0.2) is 4.98 Å². The molecule has 0 amide bonds. The molecule has 1 fully saturated rings. The van der Waals surface area contributed by atoms with Crippen molar-refractivity contribution in [2.24, 2.45) is 0 Å². The maximum Gasteiger partial charge on any atom is 0.260 e. The molecule has 1 saturated heterocycles. The zero-order valence-electron chi connectivity index (χ0n) is 14.4. The second-order valence-electron chi connectivity index (χ2n) is 6.59. The Kier molecular flexibility index (Phi) is 4.01. The molecule has 1 aliphatic rings. The molecule has 1 aliphatic heterocycles. The second kappa shape index (κ2) is 6.33. The van der Waals surface area contributed by atoms with Gasteiger partial charge in [-0.1, -0.05) is 36.4 Å². The standard InChI is InChI=1S/C20H21N3O2/c1-13-7-3-4-8-15(13)18-11-23(14(2)12-25-18)20-21-17-10-6-5-9-16(17)19(24)22-20/h3-10,14,18H,11-12H2,1-2H3,(H,21,22,24). The number of morpholine rings is 1. The quantitative estimate of drug-likeness (QED) is 0.781. The van der Waals surface area contributed by atoms with Crippen molar-refractivity contribution >= 4 is 16.9 Å². The van der Waals surface area contributed by atoms with Crippen LogP contribution in [0.25, 0.3) is 10.9 Å². The van der Waals surface area contributed by atoms with E-state index in [-0.39, 0.29) is 17.7 Å². The number of aromatic nitrogens is 2. The molecule has 0 aliphatic carbocycles. The number of nitrogens with zero attached hydrogens (tertiary/aromatic N) is 2. The van der Waals surface area contributed by atoms with Crippen molar-refractivity contribution in [1.82, 2.24) is 9.97 Å². The van der Waals surface area contributed by atoms with E-state index in [1.54, 1.807) is 6.07 Å². The van der Waals surface area contributed by atoms with E-state index in [2.05, 4.69) is 40.8 Å². The van der Waals surface area contributed by atoms with Crippen LogP contribution in [0.5, 0.6) is 0 Å². The van der Waals surface area contributed by atoms with E-state index in [1.165, 1.54) is 11.1 Å². The molecule has 0 saturated carbocycles. The molecule has 25 heavy (non-hydrogen) atoms. The van der Waals surface area contributed by atoms with Crippen LogP contribution < -0.4 is 10.5 Å². The lowest BCUT2D eigenvalue weighted by Gasteiger charge is -2.39. The van der Waals surface area contributed by atoms with E-state index in [9.17, 15) is 4.79 Å². The molecule has 2 atom stereocenters. The molecule has 3 aromatic rings. The van der Waals surface area contributed by atoms with Crippen LogP contribution in [0, 0.1) is 6.92 Å². The third-order valence-corrected chi connectivity index (χ3v) is 4.84. The van der Waals surface area contributed by atoms with E-state index in [4.69, 9.17) is 4.74 Å². The fraction of sp³-hybridized carbons (Fsp3) is 0.300. The van der Waals surface area contributed by atoms with Crippen molar-refractivity contribution in [3.63, 3.8) is 0 Å². The number of aryl methyl sites for hydroxylation is 1. The molecule has 0 radical (unpaired) electrons. The number of anilines is 1. The third-order valence-electron chi connectivity index (χ3n) is 4.84. The molecule has 4 rings (SSSR count). The molecular formula is C20H21N3O2. The van der Waals surface area contributed by atoms with Gasteiger partial charge in [0.25, 0.3) is 5.56 Å². The Balaban J connectivity index is 1.71. The van der Waals surface area contributed by atoms with Crippen molar-refractivity contribution in [2.75, 3.05) is 18.1 Å². The predicted octanol–water partition coefficient (Wildman–Crippen LogP) is 3.20. The first-order valence-electron chi connectivity index (χ1n) is 8.56. The monoisotopic (exact) mass is 335 g/mol. The summed E-state index contributed by atoms with van der Waals surface area (Å²) in [7, 11) is 0. The lowest BCUT2D eigenvalue weighted by atomic mass is 10.0. The number of benzene rings is 2. The highest BCUT2D eigenvalue weighted by Crippen LogP contribution is 2.29. The Morgan fingerprint density at radius 2 is 1.92 bits per heavy atom. The fourth-order valence-electron chi connectivity index (χ4n) is 3.40. The first-order valence-corrected chi connectivity index (χ1v) is 8.56. The average molecular weight is 335 g/mol. The SMILES string of the molecule is Cc1ccccc1C1CN(c2nc3ccccc3c(=O)[nH]2)C(C)CO1. The van der Waals surface area contributed by atoms with Crippen molar-refractivity contribution in [1.29, 1.82) is 0 Å². The van der Waals surface area contributed by atoms with Gasteiger partial charge in [0.05, 0.1) is 30.1 Å². The summed E-state index contributed by atoms with van der Waals surface area (Å²) in [5, 5.41) is 0.614. The Bertz CT molecular complexity index is 966. The smallest absolute Gasteiger partial charge is 0.260 e.